The summed E-state index contributed by atoms with van der Waals surface area (Å²) in [6, 6.07) is 4.35. The van der Waals surface area contributed by atoms with Crippen LogP contribution in [-0.2, 0) is 0 Å². The first-order valence-electron chi connectivity index (χ1n) is 6.17. The van der Waals surface area contributed by atoms with E-state index in [0.29, 0.717) is 18.0 Å². The number of piperidine rings is 1. The van der Waals surface area contributed by atoms with Gasteiger partial charge < -0.3 is 4.90 Å². The summed E-state index contributed by atoms with van der Waals surface area (Å²) in [4.78, 5) is 14.7. The highest BCUT2D eigenvalue weighted by Crippen LogP contribution is 2.29. The summed E-state index contributed by atoms with van der Waals surface area (Å²) >= 11 is 4.16. The van der Waals surface area contributed by atoms with Crippen LogP contribution in [0.25, 0.3) is 0 Å². The van der Waals surface area contributed by atoms with E-state index >= 15 is 0 Å². The van der Waals surface area contributed by atoms with Gasteiger partial charge >= 0.3 is 0 Å². The summed E-state index contributed by atoms with van der Waals surface area (Å²) in [5.41, 5.74) is 0.239. The minimum Gasteiger partial charge on any atom is -0.338 e. The third-order valence-electron chi connectivity index (χ3n) is 3.37. The summed E-state index contributed by atoms with van der Waals surface area (Å²) in [5.74, 6) is -0.697. The van der Waals surface area contributed by atoms with Crippen LogP contribution in [0.1, 0.15) is 37.0 Å². The van der Waals surface area contributed by atoms with Gasteiger partial charge in [-0.05, 0) is 36.5 Å². The Morgan fingerprint density at radius 1 is 1.44 bits per heavy atom. The van der Waals surface area contributed by atoms with Gasteiger partial charge in [0.15, 0.2) is 0 Å². The van der Waals surface area contributed by atoms with Crippen molar-refractivity contribution in [3.8, 4) is 0 Å². The highest BCUT2D eigenvalue weighted by molar-refractivity contribution is 7.80. The summed E-state index contributed by atoms with van der Waals surface area (Å²) in [6.45, 7) is 5.66. The molecule has 0 saturated carbocycles. The molecular weight excluding hydrogens is 249 g/mol. The van der Waals surface area contributed by atoms with Gasteiger partial charge in [-0.3, -0.25) is 4.79 Å². The van der Waals surface area contributed by atoms with Crippen molar-refractivity contribution < 1.29 is 9.18 Å². The Bertz CT molecular complexity index is 473. The number of hydrogen-bond donors (Lipinski definition) is 1. The first kappa shape index (κ1) is 13.4. The first-order chi connectivity index (χ1) is 8.39. The second kappa shape index (κ2) is 4.92. The van der Waals surface area contributed by atoms with Crippen LogP contribution in [-0.4, -0.2) is 23.9 Å². The predicted molar refractivity (Wildman–Crippen MR) is 72.6 cm³/mol. The number of amides is 1. The van der Waals surface area contributed by atoms with Gasteiger partial charge in [-0.2, -0.15) is 0 Å². The Kier molecular flexibility index (Phi) is 3.66. The molecule has 1 heterocycles. The monoisotopic (exact) mass is 267 g/mol. The van der Waals surface area contributed by atoms with Crippen LogP contribution in [0.3, 0.4) is 0 Å². The van der Waals surface area contributed by atoms with Crippen LogP contribution < -0.4 is 0 Å². The number of nitrogens with zero attached hydrogens (tertiary/aromatic N) is 1. The quantitative estimate of drug-likeness (QED) is 0.773. The molecular formula is C14H18FNOS. The molecule has 1 fully saturated rings. The van der Waals surface area contributed by atoms with Crippen LogP contribution in [0.5, 0.6) is 0 Å². The molecule has 0 bridgehead atoms. The molecule has 0 N–H and O–H groups in total. The minimum absolute atomic E-state index is 0.114. The largest absolute Gasteiger partial charge is 0.338 e. The normalized spacial score (nSPS) is 18.8. The summed E-state index contributed by atoms with van der Waals surface area (Å²) in [6.07, 6.45) is 2.08. The molecule has 2 nitrogen and oxygen atoms in total. The molecule has 0 radical (unpaired) electrons. The first-order valence-corrected chi connectivity index (χ1v) is 6.62. The van der Waals surface area contributed by atoms with Crippen molar-refractivity contribution in [3.63, 3.8) is 0 Å². The number of likely N-dealkylation sites (tertiary alicyclic amines) is 1. The average Bonchev–Trinajstić information content (AvgIpc) is 2.30. The average molecular weight is 267 g/mol. The molecule has 1 amide bonds. The van der Waals surface area contributed by atoms with E-state index in [1.54, 1.807) is 11.0 Å². The molecule has 0 aromatic heterocycles. The van der Waals surface area contributed by atoms with Crippen LogP contribution >= 0.6 is 12.6 Å². The van der Waals surface area contributed by atoms with Crippen molar-refractivity contribution in [2.24, 2.45) is 5.41 Å². The number of carbonyl (C=O) groups excluding carboxylic acids is 1. The maximum atomic E-state index is 13.7. The molecule has 1 saturated heterocycles. The van der Waals surface area contributed by atoms with Crippen molar-refractivity contribution >= 4 is 18.5 Å². The Balaban J connectivity index is 2.23. The maximum Gasteiger partial charge on any atom is 0.256 e. The molecule has 4 heteroatoms. The molecule has 0 unspecified atom stereocenters. The Labute approximate surface area is 113 Å². The zero-order valence-electron chi connectivity index (χ0n) is 10.7. The van der Waals surface area contributed by atoms with Crippen molar-refractivity contribution in [1.82, 2.24) is 4.90 Å². The lowest BCUT2D eigenvalue weighted by Gasteiger charge is -2.38. The Morgan fingerprint density at radius 3 is 2.83 bits per heavy atom. The number of carbonyl (C=O) groups is 1. The third-order valence-corrected chi connectivity index (χ3v) is 3.65. The van der Waals surface area contributed by atoms with E-state index in [2.05, 4.69) is 26.5 Å². The number of benzene rings is 1. The van der Waals surface area contributed by atoms with Gasteiger partial charge in [-0.25, -0.2) is 4.39 Å². The molecule has 1 aromatic rings. The van der Waals surface area contributed by atoms with Gasteiger partial charge in [0.1, 0.15) is 5.82 Å². The topological polar surface area (TPSA) is 20.3 Å². The number of halogens is 1. The molecule has 2 rings (SSSR count). The van der Waals surface area contributed by atoms with Crippen LogP contribution in [0.2, 0.25) is 0 Å². The van der Waals surface area contributed by atoms with E-state index in [9.17, 15) is 9.18 Å². The fourth-order valence-corrected chi connectivity index (χ4v) is 2.65. The maximum absolute atomic E-state index is 13.7. The molecule has 1 aromatic carbocycles. The van der Waals surface area contributed by atoms with E-state index in [1.807, 2.05) is 0 Å². The smallest absolute Gasteiger partial charge is 0.256 e. The lowest BCUT2D eigenvalue weighted by atomic mass is 9.84. The standard InChI is InChI=1S/C14H18FNOS/c1-14(2)6-3-7-16(9-14)13(17)11-8-10(18)4-5-12(11)15/h4-5,8,18H,3,6-7,9H2,1-2H3. The fraction of sp³-hybridized carbons (Fsp3) is 0.500. The second-order valence-electron chi connectivity index (χ2n) is 5.66. The summed E-state index contributed by atoms with van der Waals surface area (Å²) in [7, 11) is 0. The molecule has 0 spiro atoms. The second-order valence-corrected chi connectivity index (χ2v) is 6.18. The van der Waals surface area contributed by atoms with E-state index in [1.165, 1.54) is 12.1 Å². The van der Waals surface area contributed by atoms with Crippen LogP contribution in [0, 0.1) is 11.2 Å². The lowest BCUT2D eigenvalue weighted by molar-refractivity contribution is 0.0578. The number of hydrogen-bond acceptors (Lipinski definition) is 2. The number of rotatable bonds is 1. The van der Waals surface area contributed by atoms with Gasteiger partial charge in [-0.15, -0.1) is 12.6 Å². The minimum atomic E-state index is -0.471. The highest BCUT2D eigenvalue weighted by atomic mass is 32.1. The fourth-order valence-electron chi connectivity index (χ4n) is 2.44. The zero-order valence-corrected chi connectivity index (χ0v) is 11.6. The molecule has 1 aliphatic heterocycles. The van der Waals surface area contributed by atoms with Crippen molar-refractivity contribution in [2.75, 3.05) is 13.1 Å². The van der Waals surface area contributed by atoms with Gasteiger partial charge in [-0.1, -0.05) is 13.8 Å². The van der Waals surface area contributed by atoms with E-state index in [4.69, 9.17) is 0 Å². The molecule has 0 atom stereocenters. The highest BCUT2D eigenvalue weighted by Gasteiger charge is 2.30. The Hall–Kier alpha value is -1.03. The third kappa shape index (κ3) is 2.86. The van der Waals surface area contributed by atoms with Crippen molar-refractivity contribution in [2.45, 2.75) is 31.6 Å². The van der Waals surface area contributed by atoms with Crippen LogP contribution in [0.15, 0.2) is 23.1 Å². The molecule has 1 aliphatic rings. The van der Waals surface area contributed by atoms with Gasteiger partial charge in [0, 0.05) is 18.0 Å². The summed E-state index contributed by atoms with van der Waals surface area (Å²) < 4.78 is 13.7. The van der Waals surface area contributed by atoms with Crippen LogP contribution in [0.4, 0.5) is 4.39 Å². The van der Waals surface area contributed by atoms with E-state index in [0.717, 1.165) is 12.8 Å². The van der Waals surface area contributed by atoms with E-state index in [-0.39, 0.29) is 16.9 Å². The SMILES string of the molecule is CC1(C)CCCN(C(=O)c2cc(S)ccc2F)C1. The molecule has 98 valence electrons. The Morgan fingerprint density at radius 2 is 2.17 bits per heavy atom. The lowest BCUT2D eigenvalue weighted by Crippen LogP contribution is -2.43. The van der Waals surface area contributed by atoms with Gasteiger partial charge in [0.25, 0.3) is 5.91 Å². The molecule has 18 heavy (non-hydrogen) atoms. The zero-order chi connectivity index (χ0) is 13.3. The van der Waals surface area contributed by atoms with Crippen molar-refractivity contribution in [1.29, 1.82) is 0 Å². The predicted octanol–water partition coefficient (Wildman–Crippen LogP) is 3.38. The summed E-state index contributed by atoms with van der Waals surface area (Å²) in [5, 5.41) is 0. The number of thiol groups is 1. The van der Waals surface area contributed by atoms with Gasteiger partial charge in [0.2, 0.25) is 0 Å². The van der Waals surface area contributed by atoms with Gasteiger partial charge in [0.05, 0.1) is 5.56 Å². The molecule has 0 aliphatic carbocycles. The van der Waals surface area contributed by atoms with Crippen molar-refractivity contribution in [3.05, 3.63) is 29.6 Å². The van der Waals surface area contributed by atoms with E-state index < -0.39 is 5.82 Å².